The van der Waals surface area contributed by atoms with Gasteiger partial charge in [-0.2, -0.15) is 5.10 Å². The molecule has 1 aromatic carbocycles. The normalized spacial score (nSPS) is 19.6. The molecule has 0 bridgehead atoms. The number of β-amino-alcohol motifs (C(OH)–C–C–N with tert-alkyl or cyclic N) is 1. The summed E-state index contributed by atoms with van der Waals surface area (Å²) in [5, 5.41) is 14.7. The predicted molar refractivity (Wildman–Crippen MR) is 100 cm³/mol. The van der Waals surface area contributed by atoms with Crippen molar-refractivity contribution in [2.45, 2.75) is 25.5 Å². The van der Waals surface area contributed by atoms with Crippen molar-refractivity contribution in [2.75, 3.05) is 33.2 Å². The Morgan fingerprint density at radius 1 is 1.28 bits per heavy atom. The fraction of sp³-hybridized carbons (Fsp3) is 0.550. The van der Waals surface area contributed by atoms with E-state index in [0.29, 0.717) is 12.5 Å². The Balaban J connectivity index is 1.38. The minimum atomic E-state index is -0.300. The molecule has 0 spiro atoms. The molecule has 2 atom stereocenters. The molecule has 2 aromatic rings. The van der Waals surface area contributed by atoms with Crippen LogP contribution < -0.4 is 0 Å². The van der Waals surface area contributed by atoms with Crippen LogP contribution in [0.5, 0.6) is 0 Å². The Kier molecular flexibility index (Phi) is 6.24. The molecular formula is C20H30N4O. The lowest BCUT2D eigenvalue weighted by Crippen LogP contribution is -2.38. The summed E-state index contributed by atoms with van der Waals surface area (Å²) in [5.74, 6) is 0.679. The van der Waals surface area contributed by atoms with E-state index in [9.17, 15) is 5.11 Å². The molecule has 3 rings (SSSR count). The second-order valence-electron chi connectivity index (χ2n) is 7.48. The molecule has 0 aliphatic carbocycles. The Hall–Kier alpha value is -1.69. The zero-order chi connectivity index (χ0) is 17.6. The first-order valence-corrected chi connectivity index (χ1v) is 9.19. The van der Waals surface area contributed by atoms with E-state index < -0.39 is 0 Å². The molecule has 1 saturated heterocycles. The molecule has 1 aliphatic rings. The Bertz CT molecular complexity index is 642. The van der Waals surface area contributed by atoms with Crippen molar-refractivity contribution in [3.05, 3.63) is 53.9 Å². The summed E-state index contributed by atoms with van der Waals surface area (Å²) in [6, 6.07) is 10.4. The summed E-state index contributed by atoms with van der Waals surface area (Å²) in [7, 11) is 4.04. The third kappa shape index (κ3) is 5.66. The van der Waals surface area contributed by atoms with Gasteiger partial charge in [-0.25, -0.2) is 0 Å². The van der Waals surface area contributed by atoms with Crippen LogP contribution in [0.15, 0.2) is 42.7 Å². The zero-order valence-electron chi connectivity index (χ0n) is 15.4. The molecule has 5 heteroatoms. The Morgan fingerprint density at radius 3 is 2.80 bits per heavy atom. The zero-order valence-corrected chi connectivity index (χ0v) is 15.4. The van der Waals surface area contributed by atoms with Gasteiger partial charge in [0.1, 0.15) is 0 Å². The first-order chi connectivity index (χ1) is 12.1. The van der Waals surface area contributed by atoms with Crippen LogP contribution in [0.1, 0.15) is 17.5 Å². The summed E-state index contributed by atoms with van der Waals surface area (Å²) in [5.41, 5.74) is 2.60. The van der Waals surface area contributed by atoms with E-state index >= 15 is 0 Å². The standard InChI is InChI=1S/C20H30N4O/c1-22(12-17-6-4-3-5-7-17)15-20(25)16-24-9-8-18(14-24)10-19-11-21-23(2)13-19/h3-7,11,13,18,20,25H,8-10,12,14-16H2,1-2H3. The minimum absolute atomic E-state index is 0.300. The third-order valence-electron chi connectivity index (χ3n) is 4.94. The highest BCUT2D eigenvalue weighted by Crippen LogP contribution is 2.20. The third-order valence-corrected chi connectivity index (χ3v) is 4.94. The van der Waals surface area contributed by atoms with Gasteiger partial charge < -0.3 is 10.0 Å². The lowest BCUT2D eigenvalue weighted by molar-refractivity contribution is 0.0871. The van der Waals surface area contributed by atoms with Gasteiger partial charge >= 0.3 is 0 Å². The van der Waals surface area contributed by atoms with Gasteiger partial charge in [0.05, 0.1) is 12.3 Å². The number of aromatic nitrogens is 2. The Labute approximate surface area is 150 Å². The van der Waals surface area contributed by atoms with Crippen molar-refractivity contribution in [1.29, 1.82) is 0 Å². The second kappa shape index (κ2) is 8.61. The molecule has 0 amide bonds. The summed E-state index contributed by atoms with van der Waals surface area (Å²) < 4.78 is 1.87. The fourth-order valence-electron chi connectivity index (χ4n) is 3.83. The number of aliphatic hydroxyl groups is 1. The summed E-state index contributed by atoms with van der Waals surface area (Å²) in [6.07, 6.45) is 6.08. The number of hydrogen-bond donors (Lipinski definition) is 1. The molecule has 136 valence electrons. The highest BCUT2D eigenvalue weighted by atomic mass is 16.3. The largest absolute Gasteiger partial charge is 0.390 e. The maximum absolute atomic E-state index is 10.4. The van der Waals surface area contributed by atoms with Gasteiger partial charge in [0.2, 0.25) is 0 Å². The lowest BCUT2D eigenvalue weighted by atomic mass is 10.0. The minimum Gasteiger partial charge on any atom is -0.390 e. The molecule has 5 nitrogen and oxygen atoms in total. The van der Waals surface area contributed by atoms with Crippen LogP contribution >= 0.6 is 0 Å². The molecule has 1 fully saturated rings. The molecule has 0 saturated carbocycles. The van der Waals surface area contributed by atoms with Crippen molar-refractivity contribution in [3.63, 3.8) is 0 Å². The number of hydrogen-bond acceptors (Lipinski definition) is 4. The summed E-state index contributed by atoms with van der Waals surface area (Å²) in [6.45, 7) is 4.52. The smallest absolute Gasteiger partial charge is 0.0793 e. The van der Waals surface area contributed by atoms with Crippen molar-refractivity contribution in [1.82, 2.24) is 19.6 Å². The topological polar surface area (TPSA) is 44.5 Å². The number of benzene rings is 1. The molecule has 25 heavy (non-hydrogen) atoms. The number of rotatable bonds is 8. The van der Waals surface area contributed by atoms with E-state index in [-0.39, 0.29) is 6.10 Å². The highest BCUT2D eigenvalue weighted by molar-refractivity contribution is 5.14. The first-order valence-electron chi connectivity index (χ1n) is 9.19. The van der Waals surface area contributed by atoms with Crippen molar-refractivity contribution in [3.8, 4) is 0 Å². The maximum atomic E-state index is 10.4. The molecule has 2 unspecified atom stereocenters. The second-order valence-corrected chi connectivity index (χ2v) is 7.48. The van der Waals surface area contributed by atoms with Gasteiger partial charge in [0.25, 0.3) is 0 Å². The van der Waals surface area contributed by atoms with Crippen LogP contribution in [-0.2, 0) is 20.0 Å². The Morgan fingerprint density at radius 2 is 2.08 bits per heavy atom. The lowest BCUT2D eigenvalue weighted by Gasteiger charge is -2.24. The van der Waals surface area contributed by atoms with E-state index in [1.165, 1.54) is 17.5 Å². The van der Waals surface area contributed by atoms with E-state index in [1.807, 2.05) is 24.0 Å². The van der Waals surface area contributed by atoms with E-state index in [4.69, 9.17) is 0 Å². The predicted octanol–water partition coefficient (Wildman–Crippen LogP) is 1.78. The fourth-order valence-corrected chi connectivity index (χ4v) is 3.83. The molecule has 0 radical (unpaired) electrons. The number of likely N-dealkylation sites (tertiary alicyclic amines) is 1. The maximum Gasteiger partial charge on any atom is 0.0793 e. The van der Waals surface area contributed by atoms with Gasteiger partial charge in [-0.15, -0.1) is 0 Å². The summed E-state index contributed by atoms with van der Waals surface area (Å²) in [4.78, 5) is 4.60. The van der Waals surface area contributed by atoms with Gasteiger partial charge in [-0.3, -0.25) is 9.58 Å². The van der Waals surface area contributed by atoms with Crippen LogP contribution in [0.4, 0.5) is 0 Å². The number of likely N-dealkylation sites (N-methyl/N-ethyl adjacent to an activating group) is 1. The van der Waals surface area contributed by atoms with Crippen LogP contribution in [-0.4, -0.2) is 64.0 Å². The SMILES string of the molecule is CN(Cc1ccccc1)CC(O)CN1CCC(Cc2cnn(C)c2)C1. The van der Waals surface area contributed by atoms with E-state index in [2.05, 4.69) is 52.4 Å². The van der Waals surface area contributed by atoms with E-state index in [1.54, 1.807) is 0 Å². The average Bonchev–Trinajstić information content (AvgIpc) is 3.17. The monoisotopic (exact) mass is 342 g/mol. The average molecular weight is 342 g/mol. The van der Waals surface area contributed by atoms with Gasteiger partial charge in [0.15, 0.2) is 0 Å². The van der Waals surface area contributed by atoms with Crippen molar-refractivity contribution in [2.24, 2.45) is 13.0 Å². The van der Waals surface area contributed by atoms with Crippen molar-refractivity contribution < 1.29 is 5.11 Å². The van der Waals surface area contributed by atoms with Gasteiger partial charge in [0, 0.05) is 39.4 Å². The van der Waals surface area contributed by atoms with Crippen LogP contribution in [0.25, 0.3) is 0 Å². The van der Waals surface area contributed by atoms with Gasteiger partial charge in [-0.05, 0) is 43.5 Å². The number of aryl methyl sites for hydroxylation is 1. The highest BCUT2D eigenvalue weighted by Gasteiger charge is 2.25. The van der Waals surface area contributed by atoms with Crippen LogP contribution in [0, 0.1) is 5.92 Å². The number of aliphatic hydroxyl groups excluding tert-OH is 1. The van der Waals surface area contributed by atoms with Crippen molar-refractivity contribution >= 4 is 0 Å². The summed E-state index contributed by atoms with van der Waals surface area (Å²) >= 11 is 0. The molecule has 2 heterocycles. The molecule has 1 aliphatic heterocycles. The first kappa shape index (κ1) is 18.1. The molecular weight excluding hydrogens is 312 g/mol. The molecule has 1 aromatic heterocycles. The number of nitrogens with zero attached hydrogens (tertiary/aromatic N) is 4. The molecule has 1 N–H and O–H groups in total. The quantitative estimate of drug-likeness (QED) is 0.794. The van der Waals surface area contributed by atoms with Crippen LogP contribution in [0.3, 0.4) is 0 Å². The van der Waals surface area contributed by atoms with E-state index in [0.717, 1.165) is 32.6 Å². The van der Waals surface area contributed by atoms with Gasteiger partial charge in [-0.1, -0.05) is 30.3 Å². The van der Waals surface area contributed by atoms with Crippen LogP contribution in [0.2, 0.25) is 0 Å².